The Morgan fingerprint density at radius 2 is 1.91 bits per heavy atom. The number of aromatic nitrogens is 2. The van der Waals surface area contributed by atoms with Crippen molar-refractivity contribution in [2.75, 3.05) is 6.54 Å². The van der Waals surface area contributed by atoms with Crippen LogP contribution in [0.3, 0.4) is 0 Å². The second-order valence-electron chi connectivity index (χ2n) is 7.06. The summed E-state index contributed by atoms with van der Waals surface area (Å²) in [6, 6.07) is 0. The molecule has 6 nitrogen and oxygen atoms in total. The highest BCUT2D eigenvalue weighted by Gasteiger charge is 2.52. The Morgan fingerprint density at radius 1 is 1.35 bits per heavy atom. The molecule has 0 aromatic carbocycles. The van der Waals surface area contributed by atoms with Gasteiger partial charge < -0.3 is 14.6 Å². The fraction of sp³-hybridized carbons (Fsp3) is 0.625. The molecule has 0 bridgehead atoms. The Kier molecular flexibility index (Phi) is 4.73. The zero-order chi connectivity index (χ0) is 17.4. The molecule has 1 aromatic heterocycles. The van der Waals surface area contributed by atoms with Crippen LogP contribution in [0.5, 0.6) is 0 Å². The summed E-state index contributed by atoms with van der Waals surface area (Å²) in [6.45, 7) is 11.9. The lowest BCUT2D eigenvalue weighted by Crippen LogP contribution is -2.41. The van der Waals surface area contributed by atoms with Crippen LogP contribution in [-0.2, 0) is 21.2 Å². The van der Waals surface area contributed by atoms with Crippen molar-refractivity contribution in [3.05, 3.63) is 22.9 Å². The van der Waals surface area contributed by atoms with Crippen molar-refractivity contribution in [1.82, 2.24) is 15.1 Å². The molecular weight excluding hydrogens is 293 g/mol. The summed E-state index contributed by atoms with van der Waals surface area (Å²) in [5.41, 5.74) is 1.94. The van der Waals surface area contributed by atoms with Gasteiger partial charge in [0.15, 0.2) is 0 Å². The average molecular weight is 319 g/mol. The Balaban J connectivity index is 2.32. The maximum atomic E-state index is 11.3. The Morgan fingerprint density at radius 3 is 2.35 bits per heavy atom. The molecule has 0 unspecified atom stereocenters. The summed E-state index contributed by atoms with van der Waals surface area (Å²) >= 11 is 0. The molecule has 0 atom stereocenters. The third-order valence-electron chi connectivity index (χ3n) is 4.49. The van der Waals surface area contributed by atoms with Crippen LogP contribution in [0.1, 0.15) is 45.9 Å². The topological polar surface area (TPSA) is 65.4 Å². The average Bonchev–Trinajstić information content (AvgIpc) is 2.81. The number of hydrogen-bond donors (Lipinski definition) is 1. The lowest BCUT2D eigenvalue weighted by Gasteiger charge is -2.32. The number of rotatable bonds is 4. The fourth-order valence-corrected chi connectivity index (χ4v) is 2.38. The van der Waals surface area contributed by atoms with Gasteiger partial charge in [0.25, 0.3) is 0 Å². The first-order chi connectivity index (χ1) is 10.5. The molecule has 1 saturated heterocycles. The molecule has 23 heavy (non-hydrogen) atoms. The van der Waals surface area contributed by atoms with Gasteiger partial charge in [0.2, 0.25) is 5.91 Å². The maximum Gasteiger partial charge on any atom is 0.492 e. The molecule has 2 rings (SSSR count). The molecule has 1 fully saturated rings. The van der Waals surface area contributed by atoms with Crippen molar-refractivity contribution in [3.63, 3.8) is 0 Å². The second-order valence-corrected chi connectivity index (χ2v) is 7.06. The molecule has 2 heterocycles. The molecule has 0 aliphatic carbocycles. The van der Waals surface area contributed by atoms with E-state index in [2.05, 4.69) is 10.4 Å². The van der Waals surface area contributed by atoms with Crippen LogP contribution in [0.2, 0.25) is 0 Å². The van der Waals surface area contributed by atoms with E-state index < -0.39 is 18.3 Å². The quantitative estimate of drug-likeness (QED) is 0.861. The van der Waals surface area contributed by atoms with E-state index in [1.165, 1.54) is 6.92 Å². The van der Waals surface area contributed by atoms with Crippen molar-refractivity contribution in [1.29, 1.82) is 0 Å². The molecule has 1 N–H and O–H groups in total. The standard InChI is InChI=1S/C16H26BN3O3/c1-11-13(10-20(7)19-11)8-14(9-18-12(2)21)17-22-15(3,4)16(5,6)23-17/h8,10H,9H2,1-7H3,(H,18,21). The third-order valence-corrected chi connectivity index (χ3v) is 4.49. The van der Waals surface area contributed by atoms with E-state index in [0.717, 1.165) is 16.7 Å². The molecule has 0 saturated carbocycles. The number of amides is 1. The van der Waals surface area contributed by atoms with Crippen molar-refractivity contribution in [2.45, 2.75) is 52.7 Å². The molecule has 1 amide bonds. The molecule has 0 spiro atoms. The van der Waals surface area contributed by atoms with Gasteiger partial charge in [-0.1, -0.05) is 6.08 Å². The van der Waals surface area contributed by atoms with Gasteiger partial charge >= 0.3 is 7.12 Å². The van der Waals surface area contributed by atoms with Gasteiger partial charge in [0.05, 0.1) is 16.9 Å². The Bertz CT molecular complexity index is 619. The summed E-state index contributed by atoms with van der Waals surface area (Å²) < 4.78 is 14.0. The van der Waals surface area contributed by atoms with E-state index in [-0.39, 0.29) is 5.91 Å². The largest absolute Gasteiger partial charge is 0.492 e. The number of aryl methyl sites for hydroxylation is 2. The summed E-state index contributed by atoms with van der Waals surface area (Å²) in [5.74, 6) is -0.0877. The van der Waals surface area contributed by atoms with E-state index in [1.807, 2.05) is 53.9 Å². The van der Waals surface area contributed by atoms with E-state index >= 15 is 0 Å². The highest BCUT2D eigenvalue weighted by Crippen LogP contribution is 2.38. The Hall–Kier alpha value is -1.60. The molecule has 0 radical (unpaired) electrons. The second kappa shape index (κ2) is 6.13. The normalized spacial score (nSPS) is 20.0. The molecule has 1 aliphatic heterocycles. The van der Waals surface area contributed by atoms with Crippen molar-refractivity contribution >= 4 is 19.1 Å². The number of hydrogen-bond acceptors (Lipinski definition) is 4. The van der Waals surface area contributed by atoms with Gasteiger partial charge in [-0.3, -0.25) is 9.48 Å². The van der Waals surface area contributed by atoms with Gasteiger partial charge in [-0.15, -0.1) is 0 Å². The predicted molar refractivity (Wildman–Crippen MR) is 90.7 cm³/mol. The first-order valence-electron chi connectivity index (χ1n) is 7.82. The molecule has 1 aromatic rings. The highest BCUT2D eigenvalue weighted by atomic mass is 16.7. The monoisotopic (exact) mass is 319 g/mol. The van der Waals surface area contributed by atoms with Crippen molar-refractivity contribution in [3.8, 4) is 0 Å². The number of carbonyl (C=O) groups is 1. The van der Waals surface area contributed by atoms with Gasteiger partial charge in [0.1, 0.15) is 0 Å². The van der Waals surface area contributed by atoms with Crippen molar-refractivity contribution in [2.24, 2.45) is 7.05 Å². The number of carbonyl (C=O) groups excluding carboxylic acids is 1. The lowest BCUT2D eigenvalue weighted by molar-refractivity contribution is -0.118. The van der Waals surface area contributed by atoms with Crippen LogP contribution < -0.4 is 5.32 Å². The van der Waals surface area contributed by atoms with Crippen LogP contribution in [-0.4, -0.2) is 40.6 Å². The third kappa shape index (κ3) is 3.84. The van der Waals surface area contributed by atoms with Gasteiger partial charge in [0, 0.05) is 32.3 Å². The van der Waals surface area contributed by atoms with Crippen LogP contribution in [0.15, 0.2) is 11.7 Å². The summed E-state index contributed by atoms with van der Waals surface area (Å²) in [5, 5.41) is 7.18. The first-order valence-corrected chi connectivity index (χ1v) is 7.82. The number of nitrogens with zero attached hydrogens (tertiary/aromatic N) is 2. The minimum atomic E-state index is -0.494. The Labute approximate surface area is 138 Å². The molecule has 1 aliphatic rings. The molecular formula is C16H26BN3O3. The van der Waals surface area contributed by atoms with Crippen LogP contribution in [0, 0.1) is 6.92 Å². The van der Waals surface area contributed by atoms with Crippen molar-refractivity contribution < 1.29 is 14.1 Å². The van der Waals surface area contributed by atoms with E-state index in [1.54, 1.807) is 4.68 Å². The first kappa shape index (κ1) is 17.8. The zero-order valence-electron chi connectivity index (χ0n) is 15.1. The lowest BCUT2D eigenvalue weighted by atomic mass is 9.77. The van der Waals surface area contributed by atoms with Crippen LogP contribution in [0.4, 0.5) is 0 Å². The fourth-order valence-electron chi connectivity index (χ4n) is 2.38. The number of nitrogens with one attached hydrogen (secondary N) is 1. The van der Waals surface area contributed by atoms with Gasteiger partial charge in [-0.05, 0) is 40.1 Å². The summed E-state index contributed by atoms with van der Waals surface area (Å²) in [4.78, 5) is 11.3. The smallest absolute Gasteiger partial charge is 0.400 e. The van der Waals surface area contributed by atoms with Gasteiger partial charge in [-0.2, -0.15) is 5.10 Å². The van der Waals surface area contributed by atoms with E-state index in [0.29, 0.717) is 6.54 Å². The van der Waals surface area contributed by atoms with E-state index in [4.69, 9.17) is 9.31 Å². The molecule has 126 valence electrons. The molecule has 7 heteroatoms. The minimum absolute atomic E-state index is 0.0877. The summed E-state index contributed by atoms with van der Waals surface area (Å²) in [6.07, 6.45) is 3.93. The SMILES string of the molecule is CC(=O)NCC(=Cc1cn(C)nc1C)B1OC(C)(C)C(C)(C)O1. The maximum absolute atomic E-state index is 11.3. The summed E-state index contributed by atoms with van der Waals surface area (Å²) in [7, 11) is 1.39. The predicted octanol–water partition coefficient (Wildman–Crippen LogP) is 1.88. The highest BCUT2D eigenvalue weighted by molar-refractivity contribution is 6.56. The van der Waals surface area contributed by atoms with E-state index in [9.17, 15) is 4.79 Å². The van der Waals surface area contributed by atoms with Crippen LogP contribution >= 0.6 is 0 Å². The zero-order valence-corrected chi connectivity index (χ0v) is 15.1. The van der Waals surface area contributed by atoms with Crippen LogP contribution in [0.25, 0.3) is 6.08 Å². The minimum Gasteiger partial charge on any atom is -0.400 e. The van der Waals surface area contributed by atoms with Gasteiger partial charge in [-0.25, -0.2) is 0 Å².